The number of hydrogen-bond acceptors (Lipinski definition) is 7. The van der Waals surface area contributed by atoms with Gasteiger partial charge in [-0.2, -0.15) is 0 Å². The number of ether oxygens (including phenoxy) is 2. The molecule has 9 heteroatoms. The summed E-state index contributed by atoms with van der Waals surface area (Å²) >= 11 is 0. The molecule has 0 saturated heterocycles. The molecule has 3 rings (SSSR count). The van der Waals surface area contributed by atoms with Crippen LogP contribution < -0.4 is 10.1 Å². The first-order valence-corrected chi connectivity index (χ1v) is 10.3. The van der Waals surface area contributed by atoms with Crippen LogP contribution in [0.5, 0.6) is 5.75 Å². The summed E-state index contributed by atoms with van der Waals surface area (Å²) in [5.41, 5.74) is 1.26. The molecule has 0 spiro atoms. The summed E-state index contributed by atoms with van der Waals surface area (Å²) < 4.78 is 10.8. The Bertz CT molecular complexity index is 1180. The molecule has 0 bridgehead atoms. The van der Waals surface area contributed by atoms with E-state index in [0.29, 0.717) is 11.3 Å². The quantitative estimate of drug-likeness (QED) is 0.211. The molecule has 0 radical (unpaired) electrons. The number of hydrogen-bond donors (Lipinski definition) is 1. The fourth-order valence-corrected chi connectivity index (χ4v) is 3.05. The third kappa shape index (κ3) is 6.49. The van der Waals surface area contributed by atoms with Gasteiger partial charge in [-0.1, -0.05) is 48.5 Å². The van der Waals surface area contributed by atoms with Crippen LogP contribution in [0.1, 0.15) is 27.6 Å². The smallest absolute Gasteiger partial charge is 0.326 e. The number of nitrogens with zero attached hydrogens (tertiary/aromatic N) is 1. The number of nitro benzene ring substituents is 1. The first kappa shape index (κ1) is 24.1. The Balaban J connectivity index is 1.65. The van der Waals surface area contributed by atoms with Crippen LogP contribution in [0.4, 0.5) is 5.69 Å². The number of ketones is 1. The number of non-ortho nitro benzene ring substituents is 1. The molecular weight excluding hydrogens is 440 g/mol. The molecule has 0 unspecified atom stereocenters. The fraction of sp³-hybridized carbons (Fsp3) is 0.160. The molecule has 0 aliphatic heterocycles. The van der Waals surface area contributed by atoms with E-state index < -0.39 is 35.2 Å². The predicted molar refractivity (Wildman–Crippen MR) is 122 cm³/mol. The minimum absolute atomic E-state index is 0.165. The number of carbonyl (C=O) groups is 3. The highest BCUT2D eigenvalue weighted by atomic mass is 16.6. The van der Waals surface area contributed by atoms with Gasteiger partial charge < -0.3 is 14.8 Å². The van der Waals surface area contributed by atoms with Gasteiger partial charge in [0.15, 0.2) is 12.7 Å². The Kier molecular flexibility index (Phi) is 8.07. The molecule has 1 N–H and O–H groups in total. The van der Waals surface area contributed by atoms with Crippen LogP contribution in [0.25, 0.3) is 0 Å². The highest BCUT2D eigenvalue weighted by molar-refractivity contribution is 6.01. The average Bonchev–Trinajstić information content (AvgIpc) is 2.85. The summed E-state index contributed by atoms with van der Waals surface area (Å²) in [4.78, 5) is 47.9. The highest BCUT2D eigenvalue weighted by Crippen LogP contribution is 2.25. The number of para-hydroxylation sites is 1. The zero-order valence-corrected chi connectivity index (χ0v) is 18.3. The Morgan fingerprint density at radius 3 is 2.24 bits per heavy atom. The maximum Gasteiger partial charge on any atom is 0.326 e. The first-order valence-electron chi connectivity index (χ1n) is 10.3. The maximum absolute atomic E-state index is 13.0. The summed E-state index contributed by atoms with van der Waals surface area (Å²) in [7, 11) is 0. The lowest BCUT2D eigenvalue weighted by Gasteiger charge is -2.18. The molecule has 0 aliphatic carbocycles. The van der Waals surface area contributed by atoms with E-state index in [-0.39, 0.29) is 17.9 Å². The second-order valence-corrected chi connectivity index (χ2v) is 7.28. The van der Waals surface area contributed by atoms with Gasteiger partial charge in [0.25, 0.3) is 11.6 Å². The van der Waals surface area contributed by atoms with Crippen LogP contribution in [0.2, 0.25) is 0 Å². The van der Waals surface area contributed by atoms with E-state index in [4.69, 9.17) is 9.47 Å². The van der Waals surface area contributed by atoms with Crippen LogP contribution in [-0.4, -0.2) is 35.7 Å². The molecule has 9 nitrogen and oxygen atoms in total. The Hall–Kier alpha value is -4.53. The number of nitro groups is 1. The van der Waals surface area contributed by atoms with Gasteiger partial charge in [0, 0.05) is 23.3 Å². The maximum atomic E-state index is 13.0. The molecule has 0 saturated carbocycles. The molecule has 0 aromatic heterocycles. The normalized spacial score (nSPS) is 11.2. The Labute approximate surface area is 195 Å². The summed E-state index contributed by atoms with van der Waals surface area (Å²) in [6.07, 6.45) is -1.34. The molecule has 3 aromatic carbocycles. The minimum Gasteiger partial charge on any atom is -0.484 e. The van der Waals surface area contributed by atoms with Gasteiger partial charge >= 0.3 is 5.97 Å². The SMILES string of the molecule is Cc1ccccc1OCC(=O)NCC(=O)O[C@H](C(=O)c1ccccc1)c1ccc([N+](=O)[O-])cc1. The van der Waals surface area contributed by atoms with E-state index >= 15 is 0 Å². The topological polar surface area (TPSA) is 125 Å². The number of Topliss-reactive ketones (excluding diaryl/α,β-unsaturated/α-hetero) is 1. The molecule has 0 aliphatic rings. The zero-order chi connectivity index (χ0) is 24.5. The summed E-state index contributed by atoms with van der Waals surface area (Å²) in [6, 6.07) is 20.5. The van der Waals surface area contributed by atoms with Crippen molar-refractivity contribution < 1.29 is 28.8 Å². The van der Waals surface area contributed by atoms with E-state index in [1.165, 1.54) is 24.3 Å². The van der Waals surface area contributed by atoms with Crippen molar-refractivity contribution in [2.75, 3.05) is 13.2 Å². The van der Waals surface area contributed by atoms with Crippen molar-refractivity contribution in [1.82, 2.24) is 5.32 Å². The van der Waals surface area contributed by atoms with Gasteiger partial charge in [-0.25, -0.2) is 0 Å². The lowest BCUT2D eigenvalue weighted by Crippen LogP contribution is -2.35. The van der Waals surface area contributed by atoms with Crippen molar-refractivity contribution in [2.45, 2.75) is 13.0 Å². The molecule has 1 amide bonds. The molecule has 34 heavy (non-hydrogen) atoms. The number of nitrogens with one attached hydrogen (secondary N) is 1. The van der Waals surface area contributed by atoms with Crippen molar-refractivity contribution in [3.63, 3.8) is 0 Å². The van der Waals surface area contributed by atoms with Crippen LogP contribution >= 0.6 is 0 Å². The second kappa shape index (κ2) is 11.4. The summed E-state index contributed by atoms with van der Waals surface area (Å²) in [5.74, 6) is -1.35. The monoisotopic (exact) mass is 462 g/mol. The van der Waals surface area contributed by atoms with Crippen molar-refractivity contribution in [3.8, 4) is 5.75 Å². The van der Waals surface area contributed by atoms with E-state index in [2.05, 4.69) is 5.32 Å². The predicted octanol–water partition coefficient (Wildman–Crippen LogP) is 3.57. The highest BCUT2D eigenvalue weighted by Gasteiger charge is 2.27. The van der Waals surface area contributed by atoms with Gasteiger partial charge in [0.1, 0.15) is 12.3 Å². The van der Waals surface area contributed by atoms with Gasteiger partial charge in [-0.3, -0.25) is 24.5 Å². The average molecular weight is 462 g/mol. The molecule has 3 aromatic rings. The number of aryl methyl sites for hydroxylation is 1. The zero-order valence-electron chi connectivity index (χ0n) is 18.3. The minimum atomic E-state index is -1.34. The largest absolute Gasteiger partial charge is 0.484 e. The van der Waals surface area contributed by atoms with Crippen molar-refractivity contribution in [2.24, 2.45) is 0 Å². The van der Waals surface area contributed by atoms with Crippen molar-refractivity contribution in [1.29, 1.82) is 0 Å². The van der Waals surface area contributed by atoms with Crippen LogP contribution in [0.15, 0.2) is 78.9 Å². The standard InChI is InChI=1S/C25H22N2O7/c1-17-7-5-6-10-21(17)33-16-22(28)26-15-23(29)34-25(24(30)18-8-3-2-4-9-18)19-11-13-20(14-12-19)27(31)32/h2-14,25H,15-16H2,1H3,(H,26,28)/t25-/m0/s1. The summed E-state index contributed by atoms with van der Waals surface area (Å²) in [5, 5.41) is 13.3. The Morgan fingerprint density at radius 2 is 1.59 bits per heavy atom. The lowest BCUT2D eigenvalue weighted by atomic mass is 9.99. The number of benzene rings is 3. The van der Waals surface area contributed by atoms with E-state index in [1.54, 1.807) is 42.5 Å². The van der Waals surface area contributed by atoms with E-state index in [9.17, 15) is 24.5 Å². The van der Waals surface area contributed by atoms with Gasteiger partial charge in [-0.05, 0) is 30.7 Å². The molecule has 0 heterocycles. The third-order valence-electron chi connectivity index (χ3n) is 4.83. The second-order valence-electron chi connectivity index (χ2n) is 7.28. The number of esters is 1. The number of carbonyl (C=O) groups excluding carboxylic acids is 3. The molecule has 1 atom stereocenters. The number of amides is 1. The van der Waals surface area contributed by atoms with Crippen LogP contribution in [-0.2, 0) is 14.3 Å². The molecule has 174 valence electrons. The van der Waals surface area contributed by atoms with Gasteiger partial charge in [0.05, 0.1) is 4.92 Å². The lowest BCUT2D eigenvalue weighted by molar-refractivity contribution is -0.384. The molecule has 0 fully saturated rings. The summed E-state index contributed by atoms with van der Waals surface area (Å²) in [6.45, 7) is 1.06. The molecular formula is C25H22N2O7. The Morgan fingerprint density at radius 1 is 0.941 bits per heavy atom. The van der Waals surface area contributed by atoms with Crippen molar-refractivity contribution in [3.05, 3.63) is 106 Å². The first-order chi connectivity index (χ1) is 16.3. The van der Waals surface area contributed by atoms with E-state index in [0.717, 1.165) is 5.56 Å². The van der Waals surface area contributed by atoms with Crippen LogP contribution in [0, 0.1) is 17.0 Å². The van der Waals surface area contributed by atoms with Crippen LogP contribution in [0.3, 0.4) is 0 Å². The fourth-order valence-electron chi connectivity index (χ4n) is 3.05. The van der Waals surface area contributed by atoms with Crippen molar-refractivity contribution >= 4 is 23.3 Å². The van der Waals surface area contributed by atoms with Gasteiger partial charge in [-0.15, -0.1) is 0 Å². The van der Waals surface area contributed by atoms with Gasteiger partial charge in [0.2, 0.25) is 5.78 Å². The number of rotatable bonds is 10. The van der Waals surface area contributed by atoms with E-state index in [1.807, 2.05) is 19.1 Å². The third-order valence-corrected chi connectivity index (χ3v) is 4.83.